The molecule has 0 aliphatic rings. The molecule has 1 atom stereocenters. The minimum absolute atomic E-state index is 0.212. The number of rotatable bonds is 21. The van der Waals surface area contributed by atoms with Crippen molar-refractivity contribution in [3.05, 3.63) is 119 Å². The predicted octanol–water partition coefficient (Wildman–Crippen LogP) is 10.1. The van der Waals surface area contributed by atoms with Gasteiger partial charge in [-0.25, -0.2) is 4.79 Å². The first kappa shape index (κ1) is 45.9. The Bertz CT molecular complexity index is 1880. The van der Waals surface area contributed by atoms with Crippen molar-refractivity contribution in [1.82, 2.24) is 0 Å². The lowest BCUT2D eigenvalue weighted by atomic mass is 9.78. The van der Waals surface area contributed by atoms with Crippen molar-refractivity contribution in [2.75, 3.05) is 14.2 Å². The number of hydrogen-bond donors (Lipinski definition) is 2. The smallest absolute Gasteiger partial charge is 0.493 e. The van der Waals surface area contributed by atoms with Crippen molar-refractivity contribution >= 4 is 31.4 Å². The summed E-state index contributed by atoms with van der Waals surface area (Å²) in [6.45, 7) is 16.1. The van der Waals surface area contributed by atoms with E-state index in [2.05, 4.69) is 65.3 Å². The Balaban J connectivity index is 1.23. The molecule has 0 heterocycles. The summed E-state index contributed by atoms with van der Waals surface area (Å²) in [5, 5.41) is 19.8. The van der Waals surface area contributed by atoms with Crippen LogP contribution in [0.15, 0.2) is 91.0 Å². The Morgan fingerprint density at radius 2 is 1.23 bits per heavy atom. The van der Waals surface area contributed by atoms with Gasteiger partial charge in [0.05, 0.1) is 13.7 Å². The largest absolute Gasteiger partial charge is 0.519 e. The standard InChI is InChI=1S/C44H62O10Si3/c1-44(2,36-18-12-11-13-19-36)37-22-24-38(25-23-37)50-43(47)51-39-26-20-33(30-35(39)32-45)16-14-28-55(5,6)53-57(9,10)54-56(7,8)29-15-17-34-21-27-40(41(31-34)48-3)52-42(46)49-4/h11-13,18-27,30-31,42,45-46H,14-17,28-29,32H2,1-10H3. The summed E-state index contributed by atoms with van der Waals surface area (Å²) < 4.78 is 40.3. The summed E-state index contributed by atoms with van der Waals surface area (Å²) in [5.74, 6) is 1.62. The van der Waals surface area contributed by atoms with Crippen molar-refractivity contribution in [2.24, 2.45) is 0 Å². The average molecular weight is 835 g/mol. The summed E-state index contributed by atoms with van der Waals surface area (Å²) in [7, 11) is -3.55. The van der Waals surface area contributed by atoms with E-state index in [4.69, 9.17) is 31.9 Å². The number of hydrogen-bond acceptors (Lipinski definition) is 10. The minimum atomic E-state index is -2.41. The SMILES string of the molecule is COc1cc(CCC[Si](C)(C)O[Si](C)(C)O[Si](C)(C)CCCc2ccc(OC(=O)Oc3ccc(C(C)(C)c4ccccc4)cc3)c(CO)c2)ccc1OC(O)OC. The Kier molecular flexibility index (Phi) is 16.3. The topological polar surface area (TPSA) is 122 Å². The molecule has 4 aromatic rings. The Morgan fingerprint density at radius 1 is 0.684 bits per heavy atom. The first-order valence-electron chi connectivity index (χ1n) is 19.6. The lowest BCUT2D eigenvalue weighted by Gasteiger charge is -2.39. The highest BCUT2D eigenvalue weighted by Crippen LogP contribution is 2.34. The van der Waals surface area contributed by atoms with Crippen LogP contribution in [-0.4, -0.2) is 62.3 Å². The van der Waals surface area contributed by atoms with E-state index >= 15 is 0 Å². The van der Waals surface area contributed by atoms with Gasteiger partial charge in [-0.15, -0.1) is 0 Å². The van der Waals surface area contributed by atoms with Gasteiger partial charge < -0.3 is 42.1 Å². The zero-order valence-electron chi connectivity index (χ0n) is 35.3. The summed E-state index contributed by atoms with van der Waals surface area (Å²) in [5.41, 5.74) is 4.77. The number of aliphatic hydroxyl groups excluding tert-OH is 2. The molecule has 4 rings (SSSR count). The van der Waals surface area contributed by atoms with Crippen LogP contribution in [0.1, 0.15) is 54.5 Å². The van der Waals surface area contributed by atoms with Crippen molar-refractivity contribution in [2.45, 2.75) is 109 Å². The third kappa shape index (κ3) is 14.2. The fraction of sp³-hybridized carbons (Fsp3) is 0.432. The summed E-state index contributed by atoms with van der Waals surface area (Å²) in [4.78, 5) is 12.7. The molecule has 0 aromatic heterocycles. The van der Waals surface area contributed by atoms with Crippen molar-refractivity contribution in [1.29, 1.82) is 0 Å². The van der Waals surface area contributed by atoms with Crippen LogP contribution < -0.4 is 18.9 Å². The molecule has 0 radical (unpaired) electrons. The number of carbonyl (C=O) groups is 1. The molecule has 13 heteroatoms. The van der Waals surface area contributed by atoms with Crippen LogP contribution in [0.3, 0.4) is 0 Å². The van der Waals surface area contributed by atoms with Crippen molar-refractivity contribution in [3.63, 3.8) is 0 Å². The van der Waals surface area contributed by atoms with E-state index in [1.807, 2.05) is 54.6 Å². The highest BCUT2D eigenvalue weighted by atomic mass is 28.5. The third-order valence-corrected chi connectivity index (χ3v) is 21.4. The Morgan fingerprint density at radius 3 is 1.77 bits per heavy atom. The van der Waals surface area contributed by atoms with Gasteiger partial charge in [0.25, 0.3) is 0 Å². The molecular formula is C44H62O10Si3. The van der Waals surface area contributed by atoms with Crippen molar-refractivity contribution < 1.29 is 46.9 Å². The zero-order chi connectivity index (χ0) is 41.9. The van der Waals surface area contributed by atoms with Crippen molar-refractivity contribution in [3.8, 4) is 23.0 Å². The lowest BCUT2D eigenvalue weighted by molar-refractivity contribution is -0.200. The molecular weight excluding hydrogens is 773 g/mol. The van der Waals surface area contributed by atoms with E-state index < -0.39 is 37.8 Å². The highest BCUT2D eigenvalue weighted by Gasteiger charge is 2.39. The van der Waals surface area contributed by atoms with Crippen LogP contribution in [0.2, 0.25) is 51.4 Å². The number of benzene rings is 4. The van der Waals surface area contributed by atoms with Crippen LogP contribution in [0, 0.1) is 0 Å². The first-order valence-corrected chi connectivity index (χ1v) is 28.6. The third-order valence-electron chi connectivity index (χ3n) is 9.95. The maximum Gasteiger partial charge on any atom is 0.519 e. The molecule has 0 amide bonds. The molecule has 1 unspecified atom stereocenters. The van der Waals surface area contributed by atoms with Gasteiger partial charge in [-0.1, -0.05) is 68.4 Å². The second-order valence-corrected chi connectivity index (χ2v) is 29.0. The van der Waals surface area contributed by atoms with Gasteiger partial charge in [0.2, 0.25) is 0 Å². The van der Waals surface area contributed by atoms with Gasteiger partial charge in [-0.05, 0) is 136 Å². The molecule has 10 nitrogen and oxygen atoms in total. The van der Waals surface area contributed by atoms with Gasteiger partial charge in [0.1, 0.15) is 11.5 Å². The molecule has 310 valence electrons. The Hall–Kier alpha value is -3.80. The van der Waals surface area contributed by atoms with E-state index in [0.717, 1.165) is 54.5 Å². The number of aryl methyl sites for hydroxylation is 2. The second kappa shape index (κ2) is 20.3. The molecule has 0 bridgehead atoms. The molecule has 0 aliphatic heterocycles. The van der Waals surface area contributed by atoms with Crippen LogP contribution in [-0.2, 0) is 37.8 Å². The lowest BCUT2D eigenvalue weighted by Crippen LogP contribution is -2.52. The fourth-order valence-electron chi connectivity index (χ4n) is 7.19. The van der Waals surface area contributed by atoms with Crippen LogP contribution in [0.4, 0.5) is 4.79 Å². The first-order chi connectivity index (χ1) is 26.8. The number of methoxy groups -OCH3 is 2. The van der Waals surface area contributed by atoms with Gasteiger partial charge in [-0.2, -0.15) is 0 Å². The monoisotopic (exact) mass is 834 g/mol. The Labute approximate surface area is 342 Å². The molecule has 2 N–H and O–H groups in total. The molecule has 0 spiro atoms. The number of ether oxygens (including phenoxy) is 5. The van der Waals surface area contributed by atoms with Gasteiger partial charge >= 0.3 is 21.2 Å². The van der Waals surface area contributed by atoms with E-state index in [1.165, 1.54) is 12.7 Å². The van der Waals surface area contributed by atoms with E-state index in [1.54, 1.807) is 31.4 Å². The minimum Gasteiger partial charge on any atom is -0.493 e. The van der Waals surface area contributed by atoms with Gasteiger partial charge in [0.15, 0.2) is 28.1 Å². The van der Waals surface area contributed by atoms with Gasteiger partial charge in [-0.3, -0.25) is 0 Å². The maximum atomic E-state index is 12.7. The van der Waals surface area contributed by atoms with E-state index in [-0.39, 0.29) is 17.8 Å². The molecule has 57 heavy (non-hydrogen) atoms. The highest BCUT2D eigenvalue weighted by molar-refractivity contribution is 6.87. The summed E-state index contributed by atoms with van der Waals surface area (Å²) in [6.07, 6.45) is 2.70. The quantitative estimate of drug-likeness (QED) is 0.0363. The maximum absolute atomic E-state index is 12.7. The summed E-state index contributed by atoms with van der Waals surface area (Å²) in [6, 6.07) is 30.9. The van der Waals surface area contributed by atoms with Crippen LogP contribution >= 0.6 is 0 Å². The van der Waals surface area contributed by atoms with Gasteiger partial charge in [0, 0.05) is 18.1 Å². The van der Waals surface area contributed by atoms with E-state index in [9.17, 15) is 15.0 Å². The average Bonchev–Trinajstić information content (AvgIpc) is 3.15. The molecule has 0 fully saturated rings. The normalized spacial score (nSPS) is 12.9. The van der Waals surface area contributed by atoms with Crippen LogP contribution in [0.25, 0.3) is 0 Å². The predicted molar refractivity (Wildman–Crippen MR) is 232 cm³/mol. The number of carbonyl (C=O) groups excluding carboxylic acids is 1. The molecule has 0 aliphatic carbocycles. The van der Waals surface area contributed by atoms with E-state index in [0.29, 0.717) is 22.8 Å². The molecule has 0 saturated heterocycles. The number of aliphatic hydroxyl groups is 2. The molecule has 0 saturated carbocycles. The zero-order valence-corrected chi connectivity index (χ0v) is 38.3. The molecule has 4 aromatic carbocycles. The second-order valence-electron chi connectivity index (χ2n) is 16.5. The fourth-order valence-corrected chi connectivity index (χ4v) is 21.3. The van der Waals surface area contributed by atoms with Crippen LogP contribution in [0.5, 0.6) is 23.0 Å². The summed E-state index contributed by atoms with van der Waals surface area (Å²) >= 11 is 0.